The van der Waals surface area contributed by atoms with E-state index in [-0.39, 0.29) is 17.4 Å². The molecule has 26 heavy (non-hydrogen) atoms. The SMILES string of the molecule is CCc1cc(-c2ccc(F)cc2)ccc1C1C(=O)C(C)OC(C)(C)C1=O. The third-order valence-corrected chi connectivity index (χ3v) is 5.02. The van der Waals surface area contributed by atoms with Gasteiger partial charge in [-0.1, -0.05) is 37.3 Å². The lowest BCUT2D eigenvalue weighted by Gasteiger charge is -2.37. The first kappa shape index (κ1) is 18.5. The van der Waals surface area contributed by atoms with Crippen molar-refractivity contribution in [1.82, 2.24) is 0 Å². The van der Waals surface area contributed by atoms with Gasteiger partial charge in [-0.25, -0.2) is 4.39 Å². The lowest BCUT2D eigenvalue weighted by Crippen LogP contribution is -2.52. The first-order valence-corrected chi connectivity index (χ1v) is 8.89. The first-order chi connectivity index (χ1) is 12.2. The van der Waals surface area contributed by atoms with Crippen LogP contribution in [0.25, 0.3) is 11.1 Å². The van der Waals surface area contributed by atoms with Crippen LogP contribution in [0.5, 0.6) is 0 Å². The number of halogens is 1. The molecule has 2 aromatic rings. The summed E-state index contributed by atoms with van der Waals surface area (Å²) in [6.07, 6.45) is 0.0751. The second kappa shape index (κ2) is 6.76. The van der Waals surface area contributed by atoms with Crippen molar-refractivity contribution in [2.45, 2.75) is 51.7 Å². The van der Waals surface area contributed by atoms with Crippen molar-refractivity contribution in [3.8, 4) is 11.1 Å². The van der Waals surface area contributed by atoms with Crippen molar-refractivity contribution in [3.05, 3.63) is 59.4 Å². The molecule has 3 nitrogen and oxygen atoms in total. The lowest BCUT2D eigenvalue weighted by molar-refractivity contribution is -0.168. The maximum absolute atomic E-state index is 13.2. The lowest BCUT2D eigenvalue weighted by atomic mass is 9.77. The minimum atomic E-state index is -0.987. The largest absolute Gasteiger partial charge is 0.357 e. The Hall–Kier alpha value is -2.33. The molecule has 0 aliphatic carbocycles. The van der Waals surface area contributed by atoms with E-state index in [1.54, 1.807) is 32.9 Å². The number of hydrogen-bond donors (Lipinski definition) is 0. The summed E-state index contributed by atoms with van der Waals surface area (Å²) >= 11 is 0. The fourth-order valence-corrected chi connectivity index (χ4v) is 3.58. The van der Waals surface area contributed by atoms with Gasteiger partial charge in [0.25, 0.3) is 0 Å². The summed E-state index contributed by atoms with van der Waals surface area (Å²) in [6.45, 7) is 7.12. The smallest absolute Gasteiger partial charge is 0.179 e. The summed E-state index contributed by atoms with van der Waals surface area (Å²) in [5, 5.41) is 0. The maximum atomic E-state index is 13.2. The zero-order valence-corrected chi connectivity index (χ0v) is 15.5. The maximum Gasteiger partial charge on any atom is 0.179 e. The zero-order valence-electron chi connectivity index (χ0n) is 15.5. The number of ether oxygens (including phenoxy) is 1. The molecule has 0 saturated carbocycles. The predicted molar refractivity (Wildman–Crippen MR) is 98.6 cm³/mol. The van der Waals surface area contributed by atoms with Gasteiger partial charge in [0.2, 0.25) is 0 Å². The quantitative estimate of drug-likeness (QED) is 0.764. The van der Waals surface area contributed by atoms with Crippen molar-refractivity contribution in [2.75, 3.05) is 0 Å². The number of carbonyl (C=O) groups excluding carboxylic acids is 2. The average Bonchev–Trinajstić information content (AvgIpc) is 2.61. The molecule has 2 aromatic carbocycles. The molecule has 1 aliphatic heterocycles. The Morgan fingerprint density at radius 2 is 1.65 bits per heavy atom. The number of hydrogen-bond acceptors (Lipinski definition) is 3. The van der Waals surface area contributed by atoms with Crippen LogP contribution in [0.3, 0.4) is 0 Å². The fraction of sp³-hybridized carbons (Fsp3) is 0.364. The Kier molecular flexibility index (Phi) is 4.80. The van der Waals surface area contributed by atoms with Gasteiger partial charge in [0.15, 0.2) is 11.6 Å². The fourth-order valence-electron chi connectivity index (χ4n) is 3.58. The van der Waals surface area contributed by atoms with Crippen LogP contribution in [0.15, 0.2) is 42.5 Å². The minimum absolute atomic E-state index is 0.196. The predicted octanol–water partition coefficient (Wildman–Crippen LogP) is 4.47. The Balaban J connectivity index is 2.06. The van der Waals surface area contributed by atoms with Crippen molar-refractivity contribution in [1.29, 1.82) is 0 Å². The molecule has 0 bridgehead atoms. The molecule has 1 fully saturated rings. The van der Waals surface area contributed by atoms with Crippen LogP contribution in [0, 0.1) is 5.82 Å². The molecule has 0 amide bonds. The molecule has 0 spiro atoms. The number of ketones is 2. The number of benzene rings is 2. The Bertz CT molecular complexity index is 852. The van der Waals surface area contributed by atoms with Crippen LogP contribution in [0.2, 0.25) is 0 Å². The van der Waals surface area contributed by atoms with E-state index in [0.29, 0.717) is 6.42 Å². The third-order valence-electron chi connectivity index (χ3n) is 5.02. The van der Waals surface area contributed by atoms with Gasteiger partial charge in [-0.15, -0.1) is 0 Å². The van der Waals surface area contributed by atoms with Gasteiger partial charge in [-0.2, -0.15) is 0 Å². The highest BCUT2D eigenvalue weighted by Gasteiger charge is 2.48. The zero-order chi connectivity index (χ0) is 19.1. The van der Waals surface area contributed by atoms with E-state index in [9.17, 15) is 14.0 Å². The molecular formula is C22H23FO3. The minimum Gasteiger partial charge on any atom is -0.357 e. The van der Waals surface area contributed by atoms with Gasteiger partial charge < -0.3 is 4.74 Å². The molecule has 2 atom stereocenters. The van der Waals surface area contributed by atoms with Crippen molar-refractivity contribution < 1.29 is 18.7 Å². The van der Waals surface area contributed by atoms with Crippen molar-refractivity contribution >= 4 is 11.6 Å². The van der Waals surface area contributed by atoms with Crippen LogP contribution in [-0.4, -0.2) is 23.3 Å². The third kappa shape index (κ3) is 3.21. The Labute approximate surface area is 153 Å². The molecule has 136 valence electrons. The van der Waals surface area contributed by atoms with Crippen LogP contribution < -0.4 is 0 Å². The van der Waals surface area contributed by atoms with E-state index >= 15 is 0 Å². The second-order valence-electron chi connectivity index (χ2n) is 7.24. The van der Waals surface area contributed by atoms with E-state index in [0.717, 1.165) is 22.3 Å². The highest BCUT2D eigenvalue weighted by Crippen LogP contribution is 2.36. The van der Waals surface area contributed by atoms with E-state index in [4.69, 9.17) is 4.74 Å². The molecule has 0 radical (unpaired) electrons. The molecular weight excluding hydrogens is 331 g/mol. The second-order valence-corrected chi connectivity index (χ2v) is 7.24. The Morgan fingerprint density at radius 3 is 2.27 bits per heavy atom. The van der Waals surface area contributed by atoms with Crippen LogP contribution in [0.1, 0.15) is 44.7 Å². The van der Waals surface area contributed by atoms with Gasteiger partial charge in [-0.05, 0) is 61.6 Å². The van der Waals surface area contributed by atoms with E-state index < -0.39 is 17.6 Å². The van der Waals surface area contributed by atoms with Crippen molar-refractivity contribution in [3.63, 3.8) is 0 Å². The number of aryl methyl sites for hydroxylation is 1. The summed E-state index contributed by atoms with van der Waals surface area (Å²) in [5.74, 6) is -1.48. The standard InChI is InChI=1S/C22H23FO3/c1-5-14-12-16(15-6-9-17(23)10-7-15)8-11-18(14)19-20(24)13(2)26-22(3,4)21(19)25/h6-13,19H,5H2,1-4H3. The Morgan fingerprint density at radius 1 is 1.04 bits per heavy atom. The van der Waals surface area contributed by atoms with Crippen LogP contribution in [0.4, 0.5) is 4.39 Å². The monoisotopic (exact) mass is 354 g/mol. The average molecular weight is 354 g/mol. The highest BCUT2D eigenvalue weighted by molar-refractivity contribution is 6.14. The van der Waals surface area contributed by atoms with Gasteiger partial charge in [0.05, 0.1) is 0 Å². The summed E-state index contributed by atoms with van der Waals surface area (Å²) in [5.41, 5.74) is 2.54. The van der Waals surface area contributed by atoms with E-state index in [1.807, 2.05) is 25.1 Å². The van der Waals surface area contributed by atoms with Gasteiger partial charge >= 0.3 is 0 Å². The molecule has 3 rings (SSSR count). The van der Waals surface area contributed by atoms with Crippen molar-refractivity contribution in [2.24, 2.45) is 0 Å². The molecule has 1 aliphatic rings. The van der Waals surface area contributed by atoms with Crippen LogP contribution in [-0.2, 0) is 20.7 Å². The molecule has 0 aromatic heterocycles. The number of rotatable bonds is 3. The molecule has 4 heteroatoms. The van der Waals surface area contributed by atoms with Crippen LogP contribution >= 0.6 is 0 Å². The normalized spacial score (nSPS) is 22.5. The summed E-state index contributed by atoms with van der Waals surface area (Å²) in [4.78, 5) is 25.6. The highest BCUT2D eigenvalue weighted by atomic mass is 19.1. The summed E-state index contributed by atoms with van der Waals surface area (Å²) in [6, 6.07) is 12.0. The van der Waals surface area contributed by atoms with Gasteiger partial charge in [-0.3, -0.25) is 9.59 Å². The molecule has 1 saturated heterocycles. The van der Waals surface area contributed by atoms with Gasteiger partial charge in [0, 0.05) is 0 Å². The molecule has 0 N–H and O–H groups in total. The van der Waals surface area contributed by atoms with E-state index in [2.05, 4.69) is 0 Å². The summed E-state index contributed by atoms with van der Waals surface area (Å²) in [7, 11) is 0. The first-order valence-electron chi connectivity index (χ1n) is 8.89. The summed E-state index contributed by atoms with van der Waals surface area (Å²) < 4.78 is 18.8. The topological polar surface area (TPSA) is 43.4 Å². The number of Topliss-reactive ketones (excluding diaryl/α,β-unsaturated/α-hetero) is 2. The molecule has 1 heterocycles. The number of carbonyl (C=O) groups is 2. The van der Waals surface area contributed by atoms with E-state index in [1.165, 1.54) is 12.1 Å². The molecule has 2 unspecified atom stereocenters. The van der Waals surface area contributed by atoms with Gasteiger partial charge in [0.1, 0.15) is 23.4 Å².